The first kappa shape index (κ1) is 19.0. The van der Waals surface area contributed by atoms with E-state index in [1.165, 1.54) is 30.9 Å². The number of rotatable bonds is 5. The summed E-state index contributed by atoms with van der Waals surface area (Å²) in [6.45, 7) is 3.54. The second-order valence-electron chi connectivity index (χ2n) is 6.63. The lowest BCUT2D eigenvalue weighted by molar-refractivity contribution is -0.140. The van der Waals surface area contributed by atoms with Crippen LogP contribution in [0.1, 0.15) is 26.7 Å². The molecular formula is C17H23FN2O5. The number of carbonyl (C=O) groups excluding carboxylic acids is 1. The summed E-state index contributed by atoms with van der Waals surface area (Å²) in [5.41, 5.74) is -1.52. The summed E-state index contributed by atoms with van der Waals surface area (Å²) in [5, 5.41) is 21.0. The molecule has 1 atom stereocenters. The van der Waals surface area contributed by atoms with E-state index in [0.29, 0.717) is 31.7 Å². The molecule has 2 amide bonds. The normalized spacial score (nSPS) is 17.0. The third-order valence-electron chi connectivity index (χ3n) is 4.09. The van der Waals surface area contributed by atoms with Gasteiger partial charge in [-0.15, -0.1) is 0 Å². The molecule has 3 N–H and O–H groups in total. The topological polar surface area (TPSA) is 99.1 Å². The first-order chi connectivity index (χ1) is 11.7. The highest BCUT2D eigenvalue weighted by Gasteiger charge is 2.38. The minimum atomic E-state index is -1.52. The number of hydrogen-bond acceptors (Lipinski definition) is 4. The van der Waals surface area contributed by atoms with Crippen molar-refractivity contribution in [3.8, 4) is 5.75 Å². The second kappa shape index (κ2) is 7.69. The van der Waals surface area contributed by atoms with Crippen molar-refractivity contribution >= 4 is 12.0 Å². The largest absolute Gasteiger partial charge is 0.490 e. The van der Waals surface area contributed by atoms with Crippen LogP contribution in [0.2, 0.25) is 0 Å². The first-order valence-electron chi connectivity index (χ1n) is 8.09. The van der Waals surface area contributed by atoms with Crippen LogP contribution in [0.5, 0.6) is 5.75 Å². The van der Waals surface area contributed by atoms with Crippen LogP contribution in [0.3, 0.4) is 0 Å². The number of halogens is 1. The van der Waals surface area contributed by atoms with Gasteiger partial charge in [0, 0.05) is 25.9 Å². The summed E-state index contributed by atoms with van der Waals surface area (Å²) >= 11 is 0. The number of aliphatic hydroxyl groups is 1. The maximum atomic E-state index is 12.9. The Kier molecular flexibility index (Phi) is 5.84. The van der Waals surface area contributed by atoms with E-state index >= 15 is 0 Å². The number of carboxylic acid groups (broad SMARTS) is 1. The summed E-state index contributed by atoms with van der Waals surface area (Å²) in [6, 6.07) is 4.50. The van der Waals surface area contributed by atoms with Gasteiger partial charge < -0.3 is 25.2 Å². The van der Waals surface area contributed by atoms with Crippen molar-refractivity contribution in [1.82, 2.24) is 10.2 Å². The number of carbonyl (C=O) groups is 2. The lowest BCUT2D eigenvalue weighted by atomic mass is 9.96. The number of piperidine rings is 1. The molecule has 25 heavy (non-hydrogen) atoms. The van der Waals surface area contributed by atoms with Gasteiger partial charge in [0.25, 0.3) is 0 Å². The van der Waals surface area contributed by atoms with E-state index in [9.17, 15) is 19.1 Å². The van der Waals surface area contributed by atoms with Crippen molar-refractivity contribution in [3.63, 3.8) is 0 Å². The van der Waals surface area contributed by atoms with Crippen molar-refractivity contribution in [2.75, 3.05) is 13.1 Å². The Morgan fingerprint density at radius 2 is 1.84 bits per heavy atom. The molecule has 0 radical (unpaired) electrons. The smallest absolute Gasteiger partial charge is 0.405 e. The highest BCUT2D eigenvalue weighted by Crippen LogP contribution is 2.21. The molecule has 8 heteroatoms. The van der Waals surface area contributed by atoms with Gasteiger partial charge in [-0.3, -0.25) is 4.79 Å². The van der Waals surface area contributed by atoms with E-state index in [1.54, 1.807) is 12.1 Å². The molecule has 1 aromatic carbocycles. The average molecular weight is 354 g/mol. The maximum Gasteiger partial charge on any atom is 0.405 e. The van der Waals surface area contributed by atoms with Gasteiger partial charge in [-0.05, 0) is 38.1 Å². The second-order valence-corrected chi connectivity index (χ2v) is 6.63. The third-order valence-corrected chi connectivity index (χ3v) is 4.09. The molecule has 0 unspecified atom stereocenters. The van der Waals surface area contributed by atoms with Gasteiger partial charge in [0.2, 0.25) is 5.91 Å². The van der Waals surface area contributed by atoms with Crippen molar-refractivity contribution in [2.45, 2.75) is 44.4 Å². The number of hydrogen-bond donors (Lipinski definition) is 3. The molecule has 2 rings (SSSR count). The molecule has 0 saturated carbocycles. The predicted octanol–water partition coefficient (Wildman–Crippen LogP) is 1.60. The van der Waals surface area contributed by atoms with Gasteiger partial charge in [0.05, 0.1) is 5.60 Å². The predicted molar refractivity (Wildman–Crippen MR) is 87.9 cm³/mol. The van der Waals surface area contributed by atoms with Crippen molar-refractivity contribution < 1.29 is 28.9 Å². The first-order valence-corrected chi connectivity index (χ1v) is 8.09. The molecule has 1 heterocycles. The molecule has 0 bridgehead atoms. The Labute approximate surface area is 145 Å². The van der Waals surface area contributed by atoms with Crippen LogP contribution >= 0.6 is 0 Å². The highest BCUT2D eigenvalue weighted by atomic mass is 19.1. The Morgan fingerprint density at radius 1 is 1.28 bits per heavy atom. The molecular weight excluding hydrogens is 331 g/mol. The summed E-state index contributed by atoms with van der Waals surface area (Å²) in [7, 11) is 0. The molecule has 0 aromatic heterocycles. The van der Waals surface area contributed by atoms with E-state index in [4.69, 9.17) is 9.84 Å². The Morgan fingerprint density at radius 3 is 2.32 bits per heavy atom. The summed E-state index contributed by atoms with van der Waals surface area (Å²) in [5.74, 6) is -0.237. The van der Waals surface area contributed by atoms with Crippen LogP contribution in [-0.4, -0.2) is 57.9 Å². The van der Waals surface area contributed by atoms with Crippen molar-refractivity contribution in [3.05, 3.63) is 30.1 Å². The zero-order valence-electron chi connectivity index (χ0n) is 14.2. The van der Waals surface area contributed by atoms with Gasteiger partial charge in [0.15, 0.2) is 0 Å². The molecule has 0 spiro atoms. The molecule has 1 fully saturated rings. The Hall–Kier alpha value is -2.35. The SMILES string of the molecule is CC(C)(O)[C@H](NC(=O)O)C(=O)N1CCC(Oc2ccc(F)cc2)CC1. The van der Waals surface area contributed by atoms with E-state index in [-0.39, 0.29) is 11.9 Å². The quantitative estimate of drug-likeness (QED) is 0.746. The van der Waals surface area contributed by atoms with Gasteiger partial charge >= 0.3 is 6.09 Å². The fourth-order valence-electron chi connectivity index (χ4n) is 2.75. The maximum absolute atomic E-state index is 12.9. The minimum Gasteiger partial charge on any atom is -0.490 e. The van der Waals surface area contributed by atoms with Crippen LogP contribution in [0.4, 0.5) is 9.18 Å². The molecule has 0 aliphatic carbocycles. The summed E-state index contributed by atoms with van der Waals surface area (Å²) in [4.78, 5) is 24.9. The molecule has 138 valence electrons. The number of nitrogens with zero attached hydrogens (tertiary/aromatic N) is 1. The zero-order chi connectivity index (χ0) is 18.6. The number of ether oxygens (including phenoxy) is 1. The molecule has 1 aliphatic rings. The van der Waals surface area contributed by atoms with Crippen molar-refractivity contribution in [2.24, 2.45) is 0 Å². The van der Waals surface area contributed by atoms with E-state index in [1.807, 2.05) is 0 Å². The van der Waals surface area contributed by atoms with Gasteiger partial charge in [-0.1, -0.05) is 0 Å². The minimum absolute atomic E-state index is 0.109. The Bertz CT molecular complexity index is 606. The summed E-state index contributed by atoms with van der Waals surface area (Å²) < 4.78 is 18.7. The van der Waals surface area contributed by atoms with Crippen LogP contribution in [0.15, 0.2) is 24.3 Å². The zero-order valence-corrected chi connectivity index (χ0v) is 14.2. The average Bonchev–Trinajstić information content (AvgIpc) is 2.54. The lowest BCUT2D eigenvalue weighted by Gasteiger charge is -2.37. The summed E-state index contributed by atoms with van der Waals surface area (Å²) in [6.07, 6.45) is -0.346. The van der Waals surface area contributed by atoms with E-state index in [2.05, 4.69) is 5.32 Å². The number of nitrogens with one attached hydrogen (secondary N) is 1. The molecule has 1 saturated heterocycles. The van der Waals surface area contributed by atoms with Crippen molar-refractivity contribution in [1.29, 1.82) is 0 Å². The van der Waals surface area contributed by atoms with Crippen LogP contribution in [-0.2, 0) is 4.79 Å². The number of benzene rings is 1. The number of likely N-dealkylation sites (tertiary alicyclic amines) is 1. The monoisotopic (exact) mass is 354 g/mol. The molecule has 1 aromatic rings. The van der Waals surface area contributed by atoms with Crippen LogP contribution < -0.4 is 10.1 Å². The fraction of sp³-hybridized carbons (Fsp3) is 0.529. The van der Waals surface area contributed by atoms with Gasteiger partial charge in [-0.25, -0.2) is 9.18 Å². The van der Waals surface area contributed by atoms with E-state index in [0.717, 1.165) is 0 Å². The van der Waals surface area contributed by atoms with Crippen LogP contribution in [0, 0.1) is 5.82 Å². The fourth-order valence-corrected chi connectivity index (χ4v) is 2.75. The molecule has 7 nitrogen and oxygen atoms in total. The lowest BCUT2D eigenvalue weighted by Crippen LogP contribution is -2.59. The molecule has 1 aliphatic heterocycles. The number of amides is 2. The van der Waals surface area contributed by atoms with E-state index < -0.39 is 23.6 Å². The van der Waals surface area contributed by atoms with Crippen LogP contribution in [0.25, 0.3) is 0 Å². The van der Waals surface area contributed by atoms with Gasteiger partial charge in [-0.2, -0.15) is 0 Å². The Balaban J connectivity index is 1.92. The standard InChI is InChI=1S/C17H23FN2O5/c1-17(2,24)14(19-16(22)23)15(21)20-9-7-13(8-10-20)25-12-5-3-11(18)4-6-12/h3-6,13-14,19,24H,7-10H2,1-2H3,(H,22,23)/t14-/m1/s1. The highest BCUT2D eigenvalue weighted by molar-refractivity contribution is 5.86. The van der Waals surface area contributed by atoms with Gasteiger partial charge in [0.1, 0.15) is 23.7 Å². The third kappa shape index (κ3) is 5.32.